The molecule has 0 radical (unpaired) electrons. The molecular formula is C18H22O2. The van der Waals surface area contributed by atoms with Gasteiger partial charge in [-0.1, -0.05) is 55.8 Å². The Morgan fingerprint density at radius 1 is 1.05 bits per heavy atom. The summed E-state index contributed by atoms with van der Waals surface area (Å²) < 4.78 is 5.30. The zero-order valence-corrected chi connectivity index (χ0v) is 12.2. The predicted molar refractivity (Wildman–Crippen MR) is 82.1 cm³/mol. The van der Waals surface area contributed by atoms with Gasteiger partial charge < -0.3 is 9.84 Å². The molecule has 0 aliphatic rings. The van der Waals surface area contributed by atoms with Crippen LogP contribution in [0, 0.1) is 0 Å². The molecule has 0 fully saturated rings. The third kappa shape index (κ3) is 3.40. The molecule has 0 saturated carbocycles. The Bertz CT molecular complexity index is 531. The van der Waals surface area contributed by atoms with Crippen molar-refractivity contribution in [3.8, 4) is 5.75 Å². The predicted octanol–water partition coefficient (Wildman–Crippen LogP) is 4.12. The maximum absolute atomic E-state index is 10.5. The first-order valence-electron chi connectivity index (χ1n) is 7.16. The monoisotopic (exact) mass is 270 g/mol. The van der Waals surface area contributed by atoms with Crippen LogP contribution in [0.25, 0.3) is 0 Å². The van der Waals surface area contributed by atoms with E-state index in [-0.39, 0.29) is 0 Å². The molecule has 1 atom stereocenters. The van der Waals surface area contributed by atoms with Gasteiger partial charge in [-0.05, 0) is 30.0 Å². The number of hydrogen-bond acceptors (Lipinski definition) is 2. The van der Waals surface area contributed by atoms with Crippen LogP contribution in [-0.4, -0.2) is 12.2 Å². The summed E-state index contributed by atoms with van der Waals surface area (Å²) in [6.45, 7) is 2.19. The van der Waals surface area contributed by atoms with Crippen LogP contribution in [0.5, 0.6) is 5.75 Å². The van der Waals surface area contributed by atoms with Gasteiger partial charge in [0, 0.05) is 5.56 Å². The van der Waals surface area contributed by atoms with Crippen LogP contribution in [0.4, 0.5) is 0 Å². The molecule has 2 rings (SSSR count). The first-order chi connectivity index (χ1) is 9.76. The van der Waals surface area contributed by atoms with Crippen molar-refractivity contribution >= 4 is 0 Å². The topological polar surface area (TPSA) is 29.5 Å². The third-order valence-corrected chi connectivity index (χ3v) is 3.55. The third-order valence-electron chi connectivity index (χ3n) is 3.55. The molecule has 1 unspecified atom stereocenters. The number of aliphatic hydroxyl groups excluding tert-OH is 1. The van der Waals surface area contributed by atoms with Gasteiger partial charge in [-0.2, -0.15) is 0 Å². The number of hydrogen-bond donors (Lipinski definition) is 1. The Morgan fingerprint density at radius 2 is 1.75 bits per heavy atom. The summed E-state index contributed by atoms with van der Waals surface area (Å²) in [7, 11) is 1.62. The largest absolute Gasteiger partial charge is 0.496 e. The lowest BCUT2D eigenvalue weighted by atomic mass is 9.98. The van der Waals surface area contributed by atoms with E-state index in [1.54, 1.807) is 7.11 Å². The molecule has 2 aromatic rings. The van der Waals surface area contributed by atoms with Gasteiger partial charge in [-0.25, -0.2) is 0 Å². The number of benzene rings is 2. The number of aryl methyl sites for hydroxylation is 1. The summed E-state index contributed by atoms with van der Waals surface area (Å²) in [6, 6.07) is 15.8. The minimum absolute atomic E-state index is 0.647. The second-order valence-corrected chi connectivity index (χ2v) is 4.99. The highest BCUT2D eigenvalue weighted by Gasteiger charge is 2.14. The van der Waals surface area contributed by atoms with Crippen LogP contribution in [-0.2, 0) is 6.42 Å². The van der Waals surface area contributed by atoms with Crippen molar-refractivity contribution in [2.24, 2.45) is 0 Å². The lowest BCUT2D eigenvalue weighted by Gasteiger charge is -2.15. The average Bonchev–Trinajstić information content (AvgIpc) is 2.52. The Morgan fingerprint density at radius 3 is 2.40 bits per heavy atom. The molecule has 2 aromatic carbocycles. The Hall–Kier alpha value is -1.80. The Kier molecular flexibility index (Phi) is 5.19. The van der Waals surface area contributed by atoms with Gasteiger partial charge in [0.1, 0.15) is 11.9 Å². The molecule has 0 aromatic heterocycles. The molecule has 106 valence electrons. The van der Waals surface area contributed by atoms with Gasteiger partial charge in [-0.3, -0.25) is 0 Å². The van der Waals surface area contributed by atoms with E-state index in [0.717, 1.165) is 23.3 Å². The maximum Gasteiger partial charge on any atom is 0.125 e. The minimum atomic E-state index is -0.647. The molecule has 2 nitrogen and oxygen atoms in total. The van der Waals surface area contributed by atoms with Crippen molar-refractivity contribution < 1.29 is 9.84 Å². The number of methoxy groups -OCH3 is 1. The molecule has 0 aliphatic carbocycles. The molecular weight excluding hydrogens is 248 g/mol. The normalized spacial score (nSPS) is 12.2. The fourth-order valence-electron chi connectivity index (χ4n) is 2.32. The SMILES string of the molecule is CCCCc1ccc(C(O)c2ccccc2OC)cc1. The van der Waals surface area contributed by atoms with Crippen LogP contribution in [0.3, 0.4) is 0 Å². The van der Waals surface area contributed by atoms with E-state index in [9.17, 15) is 5.11 Å². The van der Waals surface area contributed by atoms with E-state index in [1.165, 1.54) is 18.4 Å². The number of para-hydroxylation sites is 1. The van der Waals surface area contributed by atoms with Crippen LogP contribution < -0.4 is 4.74 Å². The zero-order valence-electron chi connectivity index (χ0n) is 12.2. The van der Waals surface area contributed by atoms with E-state index in [2.05, 4.69) is 19.1 Å². The van der Waals surface area contributed by atoms with E-state index in [4.69, 9.17) is 4.74 Å². The molecule has 0 heterocycles. The molecule has 0 aliphatic heterocycles. The second-order valence-electron chi connectivity index (χ2n) is 4.99. The highest BCUT2D eigenvalue weighted by atomic mass is 16.5. The number of ether oxygens (including phenoxy) is 1. The van der Waals surface area contributed by atoms with E-state index in [0.29, 0.717) is 0 Å². The molecule has 1 N–H and O–H groups in total. The summed E-state index contributed by atoms with van der Waals surface area (Å²) in [5.74, 6) is 0.718. The zero-order chi connectivity index (χ0) is 14.4. The summed E-state index contributed by atoms with van der Waals surface area (Å²) in [5.41, 5.74) is 3.02. The van der Waals surface area contributed by atoms with Crippen molar-refractivity contribution in [3.63, 3.8) is 0 Å². The first kappa shape index (κ1) is 14.6. The van der Waals surface area contributed by atoms with Gasteiger partial charge in [-0.15, -0.1) is 0 Å². The summed E-state index contributed by atoms with van der Waals surface area (Å²) >= 11 is 0. The lowest BCUT2D eigenvalue weighted by Crippen LogP contribution is -2.02. The van der Waals surface area contributed by atoms with E-state index in [1.807, 2.05) is 36.4 Å². The van der Waals surface area contributed by atoms with Crippen LogP contribution in [0.15, 0.2) is 48.5 Å². The van der Waals surface area contributed by atoms with Gasteiger partial charge >= 0.3 is 0 Å². The summed E-state index contributed by atoms with van der Waals surface area (Å²) in [4.78, 5) is 0. The quantitative estimate of drug-likeness (QED) is 0.855. The number of rotatable bonds is 6. The fraction of sp³-hybridized carbons (Fsp3) is 0.333. The van der Waals surface area contributed by atoms with E-state index >= 15 is 0 Å². The average molecular weight is 270 g/mol. The number of aliphatic hydroxyl groups is 1. The molecule has 0 bridgehead atoms. The summed E-state index contributed by atoms with van der Waals surface area (Å²) in [5, 5.41) is 10.5. The Labute approximate surface area is 121 Å². The van der Waals surface area contributed by atoms with Crippen molar-refractivity contribution in [1.29, 1.82) is 0 Å². The molecule has 20 heavy (non-hydrogen) atoms. The van der Waals surface area contributed by atoms with Crippen molar-refractivity contribution in [1.82, 2.24) is 0 Å². The molecule has 0 saturated heterocycles. The highest BCUT2D eigenvalue weighted by Crippen LogP contribution is 2.29. The van der Waals surface area contributed by atoms with Crippen molar-refractivity contribution in [3.05, 3.63) is 65.2 Å². The minimum Gasteiger partial charge on any atom is -0.496 e. The molecule has 0 amide bonds. The van der Waals surface area contributed by atoms with Crippen LogP contribution in [0.1, 0.15) is 42.6 Å². The lowest BCUT2D eigenvalue weighted by molar-refractivity contribution is 0.214. The van der Waals surface area contributed by atoms with Crippen molar-refractivity contribution in [2.75, 3.05) is 7.11 Å². The molecule has 2 heteroatoms. The van der Waals surface area contributed by atoms with Gasteiger partial charge in [0.15, 0.2) is 0 Å². The van der Waals surface area contributed by atoms with E-state index < -0.39 is 6.10 Å². The fourth-order valence-corrected chi connectivity index (χ4v) is 2.32. The standard InChI is InChI=1S/C18H22O2/c1-3-4-7-14-10-12-15(13-11-14)18(19)16-8-5-6-9-17(16)20-2/h5-6,8-13,18-19H,3-4,7H2,1-2H3. The van der Waals surface area contributed by atoms with Crippen LogP contribution in [0.2, 0.25) is 0 Å². The second kappa shape index (κ2) is 7.11. The highest BCUT2D eigenvalue weighted by molar-refractivity contribution is 5.40. The molecule has 0 spiro atoms. The van der Waals surface area contributed by atoms with Crippen molar-refractivity contribution in [2.45, 2.75) is 32.3 Å². The van der Waals surface area contributed by atoms with Crippen LogP contribution >= 0.6 is 0 Å². The van der Waals surface area contributed by atoms with Gasteiger partial charge in [0.05, 0.1) is 7.11 Å². The number of unbranched alkanes of at least 4 members (excludes halogenated alkanes) is 1. The first-order valence-corrected chi connectivity index (χ1v) is 7.16. The van der Waals surface area contributed by atoms with Gasteiger partial charge in [0.25, 0.3) is 0 Å². The smallest absolute Gasteiger partial charge is 0.125 e. The summed E-state index contributed by atoms with van der Waals surface area (Å²) in [6.07, 6.45) is 2.85. The maximum atomic E-state index is 10.5. The van der Waals surface area contributed by atoms with Gasteiger partial charge in [0.2, 0.25) is 0 Å². The Balaban J connectivity index is 2.18.